The largest absolute Gasteiger partial charge is 0.366 e. The van der Waals surface area contributed by atoms with E-state index in [1.165, 1.54) is 0 Å². The van der Waals surface area contributed by atoms with Crippen molar-refractivity contribution in [1.29, 1.82) is 0 Å². The first-order chi connectivity index (χ1) is 9.24. The molecule has 1 aromatic carbocycles. The fourth-order valence-corrected chi connectivity index (χ4v) is 1.92. The highest BCUT2D eigenvalue weighted by molar-refractivity contribution is 5.82. The smallest absolute Gasteiger partial charge is 0.358 e. The zero-order chi connectivity index (χ0) is 13.7. The summed E-state index contributed by atoms with van der Waals surface area (Å²) in [6.07, 6.45) is 4.29. The normalized spacial score (nSPS) is 10.8. The van der Waals surface area contributed by atoms with Gasteiger partial charge in [-0.05, 0) is 18.6 Å². The summed E-state index contributed by atoms with van der Waals surface area (Å²) in [5.74, 6) is 0. The number of aromatic nitrogens is 1. The lowest BCUT2D eigenvalue weighted by molar-refractivity contribution is 0.213. The average Bonchev–Trinajstić information content (AvgIpc) is 2.76. The van der Waals surface area contributed by atoms with Crippen LogP contribution in [-0.2, 0) is 0 Å². The van der Waals surface area contributed by atoms with Crippen molar-refractivity contribution in [2.45, 2.75) is 32.6 Å². The molecule has 0 saturated heterocycles. The van der Waals surface area contributed by atoms with Crippen LogP contribution < -0.4 is 10.9 Å². The van der Waals surface area contributed by atoms with Crippen LogP contribution in [0.5, 0.6) is 0 Å². The summed E-state index contributed by atoms with van der Waals surface area (Å²) < 4.78 is 6.01. The molecule has 5 nitrogen and oxygen atoms in total. The molecule has 0 fully saturated rings. The number of carbonyl (C=O) groups is 1. The van der Waals surface area contributed by atoms with Crippen LogP contribution in [0.4, 0.5) is 4.79 Å². The van der Waals surface area contributed by atoms with Crippen LogP contribution in [0.2, 0.25) is 0 Å². The number of hydrogen-bond donors (Lipinski definition) is 1. The predicted molar refractivity (Wildman–Crippen MR) is 73.4 cm³/mol. The van der Waals surface area contributed by atoms with E-state index < -0.39 is 11.6 Å². The van der Waals surface area contributed by atoms with Gasteiger partial charge in [0.15, 0.2) is 5.58 Å². The fraction of sp³-hybridized carbons (Fsp3) is 0.429. The lowest BCUT2D eigenvalue weighted by atomic mass is 10.2. The van der Waals surface area contributed by atoms with Crippen LogP contribution in [0.25, 0.3) is 11.0 Å². The number of nitrogens with one attached hydrogen (secondary N) is 1. The molecule has 0 unspecified atom stereocenters. The second kappa shape index (κ2) is 6.22. The van der Waals surface area contributed by atoms with Gasteiger partial charge >= 0.3 is 6.03 Å². The van der Waals surface area contributed by atoms with Gasteiger partial charge in [0.2, 0.25) is 0 Å². The fourth-order valence-electron chi connectivity index (χ4n) is 1.92. The first-order valence-corrected chi connectivity index (χ1v) is 6.63. The van der Waals surface area contributed by atoms with Crippen LogP contribution in [-0.4, -0.2) is 17.3 Å². The number of nitrogens with zero attached hydrogens (tertiary/aromatic N) is 1. The molecule has 1 amide bonds. The van der Waals surface area contributed by atoms with Gasteiger partial charge in [-0.15, -0.1) is 0 Å². The summed E-state index contributed by atoms with van der Waals surface area (Å²) in [5.41, 5.74) is 0.00953. The molecule has 0 aliphatic rings. The maximum atomic E-state index is 11.9. The molecule has 19 heavy (non-hydrogen) atoms. The van der Waals surface area contributed by atoms with Crippen molar-refractivity contribution in [3.8, 4) is 0 Å². The second-order valence-electron chi connectivity index (χ2n) is 4.48. The Morgan fingerprint density at radius 2 is 2.05 bits per heavy atom. The Balaban J connectivity index is 2.01. The van der Waals surface area contributed by atoms with Gasteiger partial charge < -0.3 is 9.84 Å². The lowest BCUT2D eigenvalue weighted by Crippen LogP contribution is -2.34. The molecule has 0 aliphatic heterocycles. The third-order valence-electron chi connectivity index (χ3n) is 2.98. The highest BCUT2D eigenvalue weighted by atomic mass is 16.5. The number of benzene rings is 1. The third kappa shape index (κ3) is 3.05. The van der Waals surface area contributed by atoms with Gasteiger partial charge in [0.1, 0.15) is 0 Å². The van der Waals surface area contributed by atoms with E-state index in [9.17, 15) is 9.59 Å². The van der Waals surface area contributed by atoms with Gasteiger partial charge in [0.05, 0.1) is 5.39 Å². The molecule has 2 rings (SSSR count). The van der Waals surface area contributed by atoms with E-state index >= 15 is 0 Å². The summed E-state index contributed by atoms with van der Waals surface area (Å²) in [6, 6.07) is 6.32. The topological polar surface area (TPSA) is 64.2 Å². The highest BCUT2D eigenvalue weighted by Crippen LogP contribution is 2.09. The first kappa shape index (κ1) is 13.4. The standard InChI is InChI=1S/C14H18N2O3/c1-2-3-4-7-10-15-14(18)16-13(17)11-8-5-6-9-12(11)19-16/h5-6,8-9H,2-4,7,10H2,1H3,(H,15,18). The molecule has 0 aliphatic carbocycles. The third-order valence-corrected chi connectivity index (χ3v) is 2.98. The van der Waals surface area contributed by atoms with Crippen molar-refractivity contribution < 1.29 is 9.32 Å². The molecule has 102 valence electrons. The number of para-hydroxylation sites is 1. The van der Waals surface area contributed by atoms with Gasteiger partial charge in [-0.3, -0.25) is 4.79 Å². The molecule has 0 atom stereocenters. The molecule has 1 N–H and O–H groups in total. The minimum absolute atomic E-state index is 0.415. The summed E-state index contributed by atoms with van der Waals surface area (Å²) in [4.78, 5) is 23.7. The van der Waals surface area contributed by atoms with Crippen molar-refractivity contribution in [1.82, 2.24) is 10.1 Å². The number of hydrogen-bond acceptors (Lipinski definition) is 3. The predicted octanol–water partition coefficient (Wildman–Crippen LogP) is 2.73. The number of unbranched alkanes of at least 4 members (excludes halogenated alkanes) is 3. The van der Waals surface area contributed by atoms with E-state index in [-0.39, 0.29) is 0 Å². The Labute approximate surface area is 111 Å². The van der Waals surface area contributed by atoms with Crippen LogP contribution >= 0.6 is 0 Å². The van der Waals surface area contributed by atoms with Crippen LogP contribution in [0, 0.1) is 0 Å². The minimum atomic E-state index is -0.502. The molecule has 1 heterocycles. The number of amides is 1. The van der Waals surface area contributed by atoms with E-state index in [4.69, 9.17) is 4.52 Å². The number of fused-ring (bicyclic) bond motifs is 1. The zero-order valence-corrected chi connectivity index (χ0v) is 11.0. The summed E-state index contributed by atoms with van der Waals surface area (Å²) in [6.45, 7) is 2.69. The highest BCUT2D eigenvalue weighted by Gasteiger charge is 2.14. The van der Waals surface area contributed by atoms with E-state index in [1.54, 1.807) is 24.3 Å². The minimum Gasteiger partial charge on any atom is -0.366 e. The molecule has 2 aromatic rings. The molecular formula is C14H18N2O3. The Bertz CT molecular complexity index is 612. The van der Waals surface area contributed by atoms with Crippen molar-refractivity contribution in [3.05, 3.63) is 34.6 Å². The molecule has 0 bridgehead atoms. The zero-order valence-electron chi connectivity index (χ0n) is 11.0. The Kier molecular flexibility index (Phi) is 4.39. The van der Waals surface area contributed by atoms with Crippen molar-refractivity contribution in [3.63, 3.8) is 0 Å². The molecular weight excluding hydrogens is 244 g/mol. The maximum Gasteiger partial charge on any atom is 0.358 e. The average molecular weight is 262 g/mol. The van der Waals surface area contributed by atoms with Crippen molar-refractivity contribution in [2.24, 2.45) is 0 Å². The Morgan fingerprint density at radius 3 is 2.79 bits per heavy atom. The van der Waals surface area contributed by atoms with Gasteiger partial charge in [-0.25, -0.2) is 4.79 Å². The van der Waals surface area contributed by atoms with Crippen LogP contribution in [0.3, 0.4) is 0 Å². The Hall–Kier alpha value is -2.04. The lowest BCUT2D eigenvalue weighted by Gasteiger charge is -2.02. The van der Waals surface area contributed by atoms with E-state index in [1.807, 2.05) is 0 Å². The second-order valence-corrected chi connectivity index (χ2v) is 4.48. The summed E-state index contributed by atoms with van der Waals surface area (Å²) in [5, 5.41) is 3.11. The van der Waals surface area contributed by atoms with Crippen molar-refractivity contribution >= 4 is 17.0 Å². The summed E-state index contributed by atoms with van der Waals surface area (Å²) in [7, 11) is 0. The number of rotatable bonds is 5. The van der Waals surface area contributed by atoms with Crippen molar-refractivity contribution in [2.75, 3.05) is 6.54 Å². The van der Waals surface area contributed by atoms with Gasteiger partial charge in [-0.2, -0.15) is 0 Å². The summed E-state index contributed by atoms with van der Waals surface area (Å²) >= 11 is 0. The quantitative estimate of drug-likeness (QED) is 0.843. The van der Waals surface area contributed by atoms with E-state index in [0.29, 0.717) is 17.5 Å². The van der Waals surface area contributed by atoms with Gasteiger partial charge in [0.25, 0.3) is 5.56 Å². The maximum absolute atomic E-state index is 11.9. The van der Waals surface area contributed by atoms with E-state index in [0.717, 1.165) is 30.4 Å². The first-order valence-electron chi connectivity index (χ1n) is 6.63. The molecule has 0 saturated carbocycles. The molecule has 1 aromatic heterocycles. The van der Waals surface area contributed by atoms with Gasteiger partial charge in [-0.1, -0.05) is 43.1 Å². The van der Waals surface area contributed by atoms with Gasteiger partial charge in [0, 0.05) is 6.54 Å². The molecule has 0 radical (unpaired) electrons. The SMILES string of the molecule is CCCCCCNC(=O)n1oc2ccccc2c1=O. The van der Waals surface area contributed by atoms with E-state index in [2.05, 4.69) is 12.2 Å². The Morgan fingerprint density at radius 1 is 1.26 bits per heavy atom. The number of carbonyl (C=O) groups excluding carboxylic acids is 1. The molecule has 0 spiro atoms. The van der Waals surface area contributed by atoms with Crippen LogP contribution in [0.1, 0.15) is 32.6 Å². The molecule has 5 heteroatoms. The monoisotopic (exact) mass is 262 g/mol. The van der Waals surface area contributed by atoms with Crippen LogP contribution in [0.15, 0.2) is 33.6 Å².